The van der Waals surface area contributed by atoms with Crippen molar-refractivity contribution in [3.05, 3.63) is 16.1 Å². The lowest BCUT2D eigenvalue weighted by Crippen LogP contribution is -2.26. The molecule has 0 saturated carbocycles. The Morgan fingerprint density at radius 1 is 1.53 bits per heavy atom. The van der Waals surface area contributed by atoms with Crippen molar-refractivity contribution in [2.45, 2.75) is 33.1 Å². The molecule has 1 atom stereocenters. The van der Waals surface area contributed by atoms with Gasteiger partial charge in [-0.15, -0.1) is 11.3 Å². The fourth-order valence-electron chi connectivity index (χ4n) is 1.83. The van der Waals surface area contributed by atoms with Gasteiger partial charge < -0.3 is 10.1 Å². The minimum Gasteiger partial charge on any atom is -0.383 e. The molecule has 0 bridgehead atoms. The Bertz CT molecular complexity index is 301. The van der Waals surface area contributed by atoms with Gasteiger partial charge in [-0.05, 0) is 32.2 Å². The maximum atomic E-state index is 5.02. The highest BCUT2D eigenvalue weighted by molar-refractivity contribution is 7.09. The average molecular weight is 256 g/mol. The minimum atomic E-state index is 0.758. The van der Waals surface area contributed by atoms with E-state index in [0.717, 1.165) is 25.6 Å². The first-order valence-corrected chi connectivity index (χ1v) is 7.24. The van der Waals surface area contributed by atoms with Gasteiger partial charge in [-0.3, -0.25) is 0 Å². The fourth-order valence-corrected chi connectivity index (χ4v) is 2.63. The zero-order valence-electron chi connectivity index (χ0n) is 11.2. The third-order valence-corrected chi connectivity index (χ3v) is 4.11. The molecule has 98 valence electrons. The highest BCUT2D eigenvalue weighted by Gasteiger charge is 2.08. The predicted molar refractivity (Wildman–Crippen MR) is 73.7 cm³/mol. The molecule has 0 saturated heterocycles. The van der Waals surface area contributed by atoms with Crippen molar-refractivity contribution in [1.82, 2.24) is 10.3 Å². The SMILES string of the molecule is CCC(CCc1scnc1C)CNCCOC. The number of rotatable bonds is 9. The topological polar surface area (TPSA) is 34.2 Å². The normalized spacial score (nSPS) is 12.9. The van der Waals surface area contributed by atoms with Gasteiger partial charge in [-0.25, -0.2) is 4.98 Å². The third-order valence-electron chi connectivity index (χ3n) is 3.12. The lowest BCUT2D eigenvalue weighted by Gasteiger charge is -2.15. The number of hydrogen-bond donors (Lipinski definition) is 1. The quantitative estimate of drug-likeness (QED) is 0.690. The van der Waals surface area contributed by atoms with Crippen LogP contribution in [0.3, 0.4) is 0 Å². The Morgan fingerprint density at radius 3 is 2.94 bits per heavy atom. The van der Waals surface area contributed by atoms with E-state index in [4.69, 9.17) is 4.74 Å². The summed E-state index contributed by atoms with van der Waals surface area (Å²) in [6, 6.07) is 0. The van der Waals surface area contributed by atoms with E-state index in [2.05, 4.69) is 24.1 Å². The zero-order valence-corrected chi connectivity index (χ0v) is 12.0. The summed E-state index contributed by atoms with van der Waals surface area (Å²) >= 11 is 1.78. The second-order valence-corrected chi connectivity index (χ2v) is 5.31. The van der Waals surface area contributed by atoms with Gasteiger partial charge in [0.15, 0.2) is 0 Å². The monoisotopic (exact) mass is 256 g/mol. The Balaban J connectivity index is 2.20. The van der Waals surface area contributed by atoms with Crippen LogP contribution in [0.25, 0.3) is 0 Å². The molecule has 0 aromatic carbocycles. The molecule has 17 heavy (non-hydrogen) atoms. The van der Waals surface area contributed by atoms with Gasteiger partial charge in [-0.2, -0.15) is 0 Å². The van der Waals surface area contributed by atoms with Crippen LogP contribution in [0.2, 0.25) is 0 Å². The van der Waals surface area contributed by atoms with Crippen molar-refractivity contribution >= 4 is 11.3 Å². The van der Waals surface area contributed by atoms with Crippen LogP contribution < -0.4 is 5.32 Å². The fraction of sp³-hybridized carbons (Fsp3) is 0.769. The van der Waals surface area contributed by atoms with E-state index in [1.54, 1.807) is 18.4 Å². The number of thiazole rings is 1. The van der Waals surface area contributed by atoms with Crippen molar-refractivity contribution in [2.24, 2.45) is 5.92 Å². The second-order valence-electron chi connectivity index (χ2n) is 4.37. The van der Waals surface area contributed by atoms with Crippen LogP contribution in [0.5, 0.6) is 0 Å². The molecular formula is C13H24N2OS. The van der Waals surface area contributed by atoms with E-state index >= 15 is 0 Å². The zero-order chi connectivity index (χ0) is 12.5. The van der Waals surface area contributed by atoms with E-state index < -0.39 is 0 Å². The highest BCUT2D eigenvalue weighted by Crippen LogP contribution is 2.18. The maximum absolute atomic E-state index is 5.02. The Hall–Kier alpha value is -0.450. The van der Waals surface area contributed by atoms with Crippen LogP contribution in [-0.4, -0.2) is 31.8 Å². The molecule has 1 heterocycles. The summed E-state index contributed by atoms with van der Waals surface area (Å²) in [5.74, 6) is 0.758. The molecule has 3 nitrogen and oxygen atoms in total. The van der Waals surface area contributed by atoms with Gasteiger partial charge in [0.25, 0.3) is 0 Å². The molecule has 4 heteroatoms. The van der Waals surface area contributed by atoms with E-state index in [1.807, 2.05) is 5.51 Å². The first-order valence-electron chi connectivity index (χ1n) is 6.36. The number of ether oxygens (including phenoxy) is 1. The van der Waals surface area contributed by atoms with Gasteiger partial charge in [0.05, 0.1) is 17.8 Å². The number of hydrogen-bond acceptors (Lipinski definition) is 4. The van der Waals surface area contributed by atoms with E-state index in [9.17, 15) is 0 Å². The van der Waals surface area contributed by atoms with Crippen LogP contribution in [0.15, 0.2) is 5.51 Å². The molecule has 1 aromatic rings. The summed E-state index contributed by atoms with van der Waals surface area (Å²) in [6.07, 6.45) is 3.65. The van der Waals surface area contributed by atoms with Gasteiger partial charge in [0.2, 0.25) is 0 Å². The number of methoxy groups -OCH3 is 1. The van der Waals surface area contributed by atoms with Gasteiger partial charge >= 0.3 is 0 Å². The standard InChI is InChI=1S/C13H24N2OS/c1-4-12(9-14-7-8-16-3)5-6-13-11(2)15-10-17-13/h10,12,14H,4-9H2,1-3H3. The molecule has 0 fully saturated rings. The average Bonchev–Trinajstić information content (AvgIpc) is 2.74. The summed E-state index contributed by atoms with van der Waals surface area (Å²) < 4.78 is 5.02. The van der Waals surface area contributed by atoms with Gasteiger partial charge in [0.1, 0.15) is 0 Å². The largest absolute Gasteiger partial charge is 0.383 e. The number of aromatic nitrogens is 1. The van der Waals surface area contributed by atoms with Crippen molar-refractivity contribution in [1.29, 1.82) is 0 Å². The van der Waals surface area contributed by atoms with Crippen LogP contribution >= 0.6 is 11.3 Å². The molecule has 1 N–H and O–H groups in total. The summed E-state index contributed by atoms with van der Waals surface area (Å²) in [6.45, 7) is 7.21. The highest BCUT2D eigenvalue weighted by atomic mass is 32.1. The van der Waals surface area contributed by atoms with Crippen LogP contribution in [0.1, 0.15) is 30.3 Å². The molecule has 0 aliphatic carbocycles. The van der Waals surface area contributed by atoms with Crippen molar-refractivity contribution in [2.75, 3.05) is 26.8 Å². The maximum Gasteiger partial charge on any atom is 0.0797 e. The van der Waals surface area contributed by atoms with Crippen LogP contribution in [0, 0.1) is 12.8 Å². The van der Waals surface area contributed by atoms with Crippen LogP contribution in [-0.2, 0) is 11.2 Å². The Labute approximate surface area is 109 Å². The molecule has 0 radical (unpaired) electrons. The predicted octanol–water partition coefficient (Wildman–Crippen LogP) is 2.65. The third kappa shape index (κ3) is 5.61. The molecule has 0 spiro atoms. The second kappa shape index (κ2) is 8.61. The molecular weight excluding hydrogens is 232 g/mol. The van der Waals surface area contributed by atoms with Gasteiger partial charge in [0, 0.05) is 18.5 Å². The number of nitrogens with one attached hydrogen (secondary N) is 1. The number of nitrogens with zero attached hydrogens (tertiary/aromatic N) is 1. The van der Waals surface area contributed by atoms with E-state index in [1.165, 1.54) is 29.8 Å². The summed E-state index contributed by atoms with van der Waals surface area (Å²) in [7, 11) is 1.74. The number of aryl methyl sites for hydroxylation is 2. The summed E-state index contributed by atoms with van der Waals surface area (Å²) in [5, 5.41) is 3.44. The minimum absolute atomic E-state index is 0.758. The molecule has 1 aromatic heterocycles. The van der Waals surface area contributed by atoms with Gasteiger partial charge in [-0.1, -0.05) is 13.3 Å². The van der Waals surface area contributed by atoms with Crippen molar-refractivity contribution in [3.8, 4) is 0 Å². The van der Waals surface area contributed by atoms with Crippen LogP contribution in [0.4, 0.5) is 0 Å². The lowest BCUT2D eigenvalue weighted by molar-refractivity contribution is 0.197. The van der Waals surface area contributed by atoms with Crippen molar-refractivity contribution < 1.29 is 4.74 Å². The Kier molecular flexibility index (Phi) is 7.40. The molecule has 0 amide bonds. The molecule has 0 aliphatic heterocycles. The van der Waals surface area contributed by atoms with Crippen molar-refractivity contribution in [3.63, 3.8) is 0 Å². The van der Waals surface area contributed by atoms with E-state index in [-0.39, 0.29) is 0 Å². The summed E-state index contributed by atoms with van der Waals surface area (Å²) in [4.78, 5) is 5.74. The molecule has 1 rings (SSSR count). The first-order chi connectivity index (χ1) is 8.27. The molecule has 1 unspecified atom stereocenters. The smallest absolute Gasteiger partial charge is 0.0797 e. The first kappa shape index (κ1) is 14.6. The Morgan fingerprint density at radius 2 is 2.35 bits per heavy atom. The lowest BCUT2D eigenvalue weighted by atomic mass is 9.99. The van der Waals surface area contributed by atoms with E-state index in [0.29, 0.717) is 0 Å². The summed E-state index contributed by atoms with van der Waals surface area (Å²) in [5.41, 5.74) is 3.15. The molecule has 0 aliphatic rings.